The number of methoxy groups -OCH3 is 2. The average molecular weight is 280 g/mol. The minimum Gasteiger partial charge on any atom is -0.497 e. The molecule has 0 amide bonds. The van der Waals surface area contributed by atoms with Gasteiger partial charge in [0.2, 0.25) is 0 Å². The van der Waals surface area contributed by atoms with Crippen LogP contribution in [0.3, 0.4) is 0 Å². The molecule has 1 aromatic rings. The molecule has 0 fully saturated rings. The molecule has 0 radical (unpaired) electrons. The molecule has 4 heteroatoms. The SMILES string of the molecule is CCNC(CN(C)C(C)C)c1cc(OC)ccc1OC. The zero-order chi connectivity index (χ0) is 15.1. The maximum absolute atomic E-state index is 5.50. The Labute approximate surface area is 123 Å². The van der Waals surface area contributed by atoms with Crippen molar-refractivity contribution in [2.24, 2.45) is 0 Å². The average Bonchev–Trinajstić information content (AvgIpc) is 2.45. The fourth-order valence-corrected chi connectivity index (χ4v) is 2.13. The molecule has 0 aliphatic carbocycles. The molecule has 0 aromatic heterocycles. The van der Waals surface area contributed by atoms with Gasteiger partial charge in [0.15, 0.2) is 0 Å². The molecule has 0 bridgehead atoms. The van der Waals surface area contributed by atoms with Crippen molar-refractivity contribution in [3.05, 3.63) is 23.8 Å². The minimum absolute atomic E-state index is 0.220. The van der Waals surface area contributed by atoms with Gasteiger partial charge in [-0.25, -0.2) is 0 Å². The van der Waals surface area contributed by atoms with Crippen LogP contribution in [0.1, 0.15) is 32.4 Å². The van der Waals surface area contributed by atoms with E-state index in [1.54, 1.807) is 14.2 Å². The lowest BCUT2D eigenvalue weighted by molar-refractivity contribution is 0.240. The lowest BCUT2D eigenvalue weighted by atomic mass is 10.0. The summed E-state index contributed by atoms with van der Waals surface area (Å²) in [5, 5.41) is 3.53. The molecule has 1 unspecified atom stereocenters. The van der Waals surface area contributed by atoms with E-state index in [1.165, 1.54) is 0 Å². The van der Waals surface area contributed by atoms with Gasteiger partial charge in [-0.05, 0) is 45.6 Å². The number of rotatable bonds is 8. The summed E-state index contributed by atoms with van der Waals surface area (Å²) in [4.78, 5) is 2.33. The molecule has 0 aliphatic rings. The molecular formula is C16H28N2O2. The number of hydrogen-bond acceptors (Lipinski definition) is 4. The van der Waals surface area contributed by atoms with Crippen LogP contribution in [0.5, 0.6) is 11.5 Å². The lowest BCUT2D eigenvalue weighted by Gasteiger charge is -2.28. The molecule has 1 atom stereocenters. The zero-order valence-corrected chi connectivity index (χ0v) is 13.6. The van der Waals surface area contributed by atoms with Crippen molar-refractivity contribution in [1.29, 1.82) is 0 Å². The Morgan fingerprint density at radius 3 is 2.40 bits per heavy atom. The van der Waals surface area contributed by atoms with Gasteiger partial charge in [-0.3, -0.25) is 0 Å². The van der Waals surface area contributed by atoms with Gasteiger partial charge in [-0.1, -0.05) is 6.92 Å². The Balaban J connectivity index is 3.05. The van der Waals surface area contributed by atoms with Gasteiger partial charge in [-0.15, -0.1) is 0 Å². The van der Waals surface area contributed by atoms with Gasteiger partial charge in [0.25, 0.3) is 0 Å². The summed E-state index contributed by atoms with van der Waals surface area (Å²) in [5.74, 6) is 1.75. The van der Waals surface area contributed by atoms with Crippen molar-refractivity contribution in [3.63, 3.8) is 0 Å². The van der Waals surface area contributed by atoms with Crippen LogP contribution in [0.2, 0.25) is 0 Å². The number of nitrogens with one attached hydrogen (secondary N) is 1. The van der Waals surface area contributed by atoms with Gasteiger partial charge in [-0.2, -0.15) is 0 Å². The van der Waals surface area contributed by atoms with Gasteiger partial charge >= 0.3 is 0 Å². The Bertz CT molecular complexity index is 407. The highest BCUT2D eigenvalue weighted by Gasteiger charge is 2.19. The lowest BCUT2D eigenvalue weighted by Crippen LogP contribution is -2.36. The van der Waals surface area contributed by atoms with Crippen molar-refractivity contribution >= 4 is 0 Å². The summed E-state index contributed by atoms with van der Waals surface area (Å²) in [6.45, 7) is 8.36. The number of benzene rings is 1. The quantitative estimate of drug-likeness (QED) is 0.794. The number of nitrogens with zero attached hydrogens (tertiary/aromatic N) is 1. The van der Waals surface area contributed by atoms with E-state index in [-0.39, 0.29) is 6.04 Å². The predicted octanol–water partition coefficient (Wildman–Crippen LogP) is 2.69. The Kier molecular flexibility index (Phi) is 6.82. The van der Waals surface area contributed by atoms with Crippen LogP contribution in [0, 0.1) is 0 Å². The molecule has 0 aliphatic heterocycles. The highest BCUT2D eigenvalue weighted by molar-refractivity contribution is 5.42. The van der Waals surface area contributed by atoms with E-state index >= 15 is 0 Å². The molecule has 0 saturated carbocycles. The van der Waals surface area contributed by atoms with Crippen molar-refractivity contribution in [2.75, 3.05) is 34.4 Å². The van der Waals surface area contributed by atoms with Crippen molar-refractivity contribution in [2.45, 2.75) is 32.9 Å². The maximum Gasteiger partial charge on any atom is 0.123 e. The first-order valence-electron chi connectivity index (χ1n) is 7.19. The summed E-state index contributed by atoms with van der Waals surface area (Å²) in [7, 11) is 5.54. The topological polar surface area (TPSA) is 33.7 Å². The standard InChI is InChI=1S/C16H28N2O2/c1-7-17-15(11-18(4)12(2)3)14-10-13(19-5)8-9-16(14)20-6/h8-10,12,15,17H,7,11H2,1-6H3. The second-order valence-corrected chi connectivity index (χ2v) is 5.25. The summed E-state index contributed by atoms with van der Waals surface area (Å²) >= 11 is 0. The molecule has 1 rings (SSSR count). The molecule has 0 heterocycles. The molecular weight excluding hydrogens is 252 g/mol. The van der Waals surface area contributed by atoms with Crippen molar-refractivity contribution in [1.82, 2.24) is 10.2 Å². The summed E-state index contributed by atoms with van der Waals surface area (Å²) in [6.07, 6.45) is 0. The molecule has 114 valence electrons. The third kappa shape index (κ3) is 4.39. The van der Waals surface area contributed by atoms with E-state index in [4.69, 9.17) is 9.47 Å². The van der Waals surface area contributed by atoms with E-state index in [2.05, 4.69) is 44.1 Å². The molecule has 1 N–H and O–H groups in total. The number of hydrogen-bond donors (Lipinski definition) is 1. The Hall–Kier alpha value is -1.26. The number of likely N-dealkylation sites (N-methyl/N-ethyl adjacent to an activating group) is 2. The smallest absolute Gasteiger partial charge is 0.123 e. The van der Waals surface area contributed by atoms with Crippen molar-refractivity contribution < 1.29 is 9.47 Å². The van der Waals surface area contributed by atoms with Crippen LogP contribution in [-0.4, -0.2) is 45.3 Å². The Morgan fingerprint density at radius 1 is 1.20 bits per heavy atom. The first-order chi connectivity index (χ1) is 9.53. The number of ether oxygens (including phenoxy) is 2. The van der Waals surface area contributed by atoms with E-state index in [0.717, 1.165) is 30.2 Å². The summed E-state index contributed by atoms with van der Waals surface area (Å²) in [6, 6.07) is 6.68. The van der Waals surface area contributed by atoms with Gasteiger partial charge in [0, 0.05) is 24.2 Å². The molecule has 4 nitrogen and oxygen atoms in total. The summed E-state index contributed by atoms with van der Waals surface area (Å²) < 4.78 is 10.8. The van der Waals surface area contributed by atoms with E-state index < -0.39 is 0 Å². The van der Waals surface area contributed by atoms with E-state index in [0.29, 0.717) is 6.04 Å². The second-order valence-electron chi connectivity index (χ2n) is 5.25. The van der Waals surface area contributed by atoms with Crippen LogP contribution in [0.4, 0.5) is 0 Å². The first-order valence-corrected chi connectivity index (χ1v) is 7.19. The minimum atomic E-state index is 0.220. The van der Waals surface area contributed by atoms with Crippen LogP contribution in [0.15, 0.2) is 18.2 Å². The monoisotopic (exact) mass is 280 g/mol. The predicted molar refractivity (Wildman–Crippen MR) is 83.7 cm³/mol. The highest BCUT2D eigenvalue weighted by atomic mass is 16.5. The van der Waals surface area contributed by atoms with E-state index in [1.807, 2.05) is 12.1 Å². The Morgan fingerprint density at radius 2 is 1.90 bits per heavy atom. The molecule has 20 heavy (non-hydrogen) atoms. The third-order valence-electron chi connectivity index (χ3n) is 3.61. The van der Waals surface area contributed by atoms with Crippen LogP contribution < -0.4 is 14.8 Å². The van der Waals surface area contributed by atoms with Gasteiger partial charge in [0.1, 0.15) is 11.5 Å². The second kappa shape index (κ2) is 8.12. The fourth-order valence-electron chi connectivity index (χ4n) is 2.13. The van der Waals surface area contributed by atoms with Gasteiger partial charge < -0.3 is 19.7 Å². The van der Waals surface area contributed by atoms with Crippen LogP contribution in [0.25, 0.3) is 0 Å². The van der Waals surface area contributed by atoms with Crippen molar-refractivity contribution in [3.8, 4) is 11.5 Å². The van der Waals surface area contributed by atoms with Gasteiger partial charge in [0.05, 0.1) is 14.2 Å². The molecule has 0 saturated heterocycles. The fraction of sp³-hybridized carbons (Fsp3) is 0.625. The van der Waals surface area contributed by atoms with Crippen LogP contribution in [-0.2, 0) is 0 Å². The highest BCUT2D eigenvalue weighted by Crippen LogP contribution is 2.30. The molecule has 1 aromatic carbocycles. The van der Waals surface area contributed by atoms with Crippen LogP contribution >= 0.6 is 0 Å². The molecule has 0 spiro atoms. The third-order valence-corrected chi connectivity index (χ3v) is 3.61. The first kappa shape index (κ1) is 16.8. The zero-order valence-electron chi connectivity index (χ0n) is 13.6. The maximum atomic E-state index is 5.50. The van der Waals surface area contributed by atoms with E-state index in [9.17, 15) is 0 Å². The summed E-state index contributed by atoms with van der Waals surface area (Å²) in [5.41, 5.74) is 1.14. The normalized spacial score (nSPS) is 12.8. The largest absolute Gasteiger partial charge is 0.497 e.